The molecule has 0 aromatic carbocycles. The fourth-order valence-corrected chi connectivity index (χ4v) is 2.58. The second kappa shape index (κ2) is 5.14. The number of nitrogens with zero attached hydrogens (tertiary/aromatic N) is 1. The Morgan fingerprint density at radius 2 is 2.41 bits per heavy atom. The normalized spacial score (nSPS) is 17.5. The van der Waals surface area contributed by atoms with E-state index in [2.05, 4.69) is 17.2 Å². The van der Waals surface area contributed by atoms with Crippen LogP contribution >= 0.6 is 11.3 Å². The molecular formula is C12H18N2O2S. The minimum atomic E-state index is -0.331. The van der Waals surface area contributed by atoms with Gasteiger partial charge in [0.25, 0.3) is 0 Å². The fourth-order valence-electron chi connectivity index (χ4n) is 1.68. The van der Waals surface area contributed by atoms with Crippen LogP contribution in [0.5, 0.6) is 0 Å². The first-order valence-electron chi connectivity index (χ1n) is 5.93. The Kier molecular flexibility index (Phi) is 3.79. The number of amides is 1. The monoisotopic (exact) mass is 254 g/mol. The standard InChI is InChI=1S/C12H18N2O2S/c1-3-4-10-14-9(6-17-10)5-13-11(15)12(2)7-16-8-12/h6H,3-5,7-8H2,1-2H3,(H,13,15). The summed E-state index contributed by atoms with van der Waals surface area (Å²) in [6, 6.07) is 0. The molecule has 1 aliphatic rings. The Morgan fingerprint density at radius 1 is 1.65 bits per heavy atom. The van der Waals surface area contributed by atoms with Crippen molar-refractivity contribution in [3.05, 3.63) is 16.1 Å². The Bertz CT molecular complexity index is 399. The zero-order valence-corrected chi connectivity index (χ0v) is 11.1. The van der Waals surface area contributed by atoms with Gasteiger partial charge in [0.1, 0.15) is 0 Å². The second-order valence-electron chi connectivity index (χ2n) is 4.72. The molecule has 0 spiro atoms. The van der Waals surface area contributed by atoms with Crippen molar-refractivity contribution in [1.29, 1.82) is 0 Å². The molecule has 1 aromatic rings. The number of aromatic nitrogens is 1. The molecule has 1 aromatic heterocycles. The SMILES string of the molecule is CCCc1nc(CNC(=O)C2(C)COC2)cs1. The van der Waals surface area contributed by atoms with E-state index in [1.807, 2.05) is 12.3 Å². The van der Waals surface area contributed by atoms with Gasteiger partial charge in [-0.15, -0.1) is 11.3 Å². The van der Waals surface area contributed by atoms with Gasteiger partial charge in [0.2, 0.25) is 5.91 Å². The summed E-state index contributed by atoms with van der Waals surface area (Å²) >= 11 is 1.67. The molecule has 94 valence electrons. The molecule has 1 saturated heterocycles. The van der Waals surface area contributed by atoms with Crippen molar-refractivity contribution in [1.82, 2.24) is 10.3 Å². The van der Waals surface area contributed by atoms with Crippen LogP contribution in [0.4, 0.5) is 0 Å². The molecule has 1 fully saturated rings. The number of rotatable bonds is 5. The van der Waals surface area contributed by atoms with E-state index in [-0.39, 0.29) is 11.3 Å². The van der Waals surface area contributed by atoms with Crippen molar-refractivity contribution in [2.75, 3.05) is 13.2 Å². The predicted octanol–water partition coefficient (Wildman–Crippen LogP) is 1.75. The molecule has 5 heteroatoms. The third-order valence-electron chi connectivity index (χ3n) is 2.88. The number of thiazole rings is 1. The van der Waals surface area contributed by atoms with Crippen LogP contribution in [-0.4, -0.2) is 24.1 Å². The van der Waals surface area contributed by atoms with Gasteiger partial charge in [0.15, 0.2) is 0 Å². The largest absolute Gasteiger partial charge is 0.379 e. The Balaban J connectivity index is 1.82. The van der Waals surface area contributed by atoms with Gasteiger partial charge >= 0.3 is 0 Å². The molecule has 0 aliphatic carbocycles. The van der Waals surface area contributed by atoms with Crippen LogP contribution in [0.1, 0.15) is 31.0 Å². The van der Waals surface area contributed by atoms with E-state index in [9.17, 15) is 4.79 Å². The molecule has 17 heavy (non-hydrogen) atoms. The lowest BCUT2D eigenvalue weighted by molar-refractivity contribution is -0.157. The van der Waals surface area contributed by atoms with Crippen LogP contribution in [-0.2, 0) is 22.5 Å². The Labute approximate surface area is 105 Å². The van der Waals surface area contributed by atoms with Crippen LogP contribution < -0.4 is 5.32 Å². The molecule has 1 aliphatic heterocycles. The number of nitrogens with one attached hydrogen (secondary N) is 1. The van der Waals surface area contributed by atoms with E-state index in [1.165, 1.54) is 0 Å². The highest BCUT2D eigenvalue weighted by Gasteiger charge is 2.40. The van der Waals surface area contributed by atoms with Crippen LogP contribution in [0.3, 0.4) is 0 Å². The molecular weight excluding hydrogens is 236 g/mol. The van der Waals surface area contributed by atoms with Gasteiger partial charge < -0.3 is 10.1 Å². The fraction of sp³-hybridized carbons (Fsp3) is 0.667. The zero-order chi connectivity index (χ0) is 12.3. The summed E-state index contributed by atoms with van der Waals surface area (Å²) in [4.78, 5) is 16.3. The summed E-state index contributed by atoms with van der Waals surface area (Å²) in [6.07, 6.45) is 2.12. The summed E-state index contributed by atoms with van der Waals surface area (Å²) in [5.41, 5.74) is 0.623. The Hall–Kier alpha value is -0.940. The second-order valence-corrected chi connectivity index (χ2v) is 5.66. The number of hydrogen-bond donors (Lipinski definition) is 1. The summed E-state index contributed by atoms with van der Waals surface area (Å²) in [5, 5.41) is 6.09. The summed E-state index contributed by atoms with van der Waals surface area (Å²) < 4.78 is 5.07. The highest BCUT2D eigenvalue weighted by atomic mass is 32.1. The van der Waals surface area contributed by atoms with Crippen LogP contribution in [0, 0.1) is 5.41 Å². The lowest BCUT2D eigenvalue weighted by Crippen LogP contribution is -2.51. The van der Waals surface area contributed by atoms with Gasteiger partial charge in [-0.05, 0) is 19.8 Å². The topological polar surface area (TPSA) is 51.2 Å². The van der Waals surface area contributed by atoms with Crippen molar-refractivity contribution in [3.8, 4) is 0 Å². The van der Waals surface area contributed by atoms with Gasteiger partial charge in [-0.25, -0.2) is 4.98 Å². The first kappa shape index (κ1) is 12.5. The van der Waals surface area contributed by atoms with Crippen molar-refractivity contribution in [3.63, 3.8) is 0 Å². The van der Waals surface area contributed by atoms with Crippen molar-refractivity contribution in [2.24, 2.45) is 5.41 Å². The van der Waals surface area contributed by atoms with Crippen molar-refractivity contribution < 1.29 is 9.53 Å². The molecule has 0 atom stereocenters. The lowest BCUT2D eigenvalue weighted by atomic mass is 9.87. The van der Waals surface area contributed by atoms with Gasteiger partial charge in [-0.2, -0.15) is 0 Å². The van der Waals surface area contributed by atoms with E-state index < -0.39 is 0 Å². The minimum absolute atomic E-state index is 0.0637. The molecule has 4 nitrogen and oxygen atoms in total. The van der Waals surface area contributed by atoms with E-state index in [0.29, 0.717) is 19.8 Å². The average molecular weight is 254 g/mol. The molecule has 2 rings (SSSR count). The van der Waals surface area contributed by atoms with E-state index in [1.54, 1.807) is 11.3 Å². The van der Waals surface area contributed by atoms with Crippen LogP contribution in [0.2, 0.25) is 0 Å². The summed E-state index contributed by atoms with van der Waals surface area (Å²) in [5.74, 6) is 0.0637. The zero-order valence-electron chi connectivity index (χ0n) is 10.3. The predicted molar refractivity (Wildman–Crippen MR) is 66.9 cm³/mol. The number of carbonyl (C=O) groups excluding carboxylic acids is 1. The molecule has 2 heterocycles. The third-order valence-corrected chi connectivity index (χ3v) is 3.84. The first-order chi connectivity index (χ1) is 8.14. The molecule has 0 unspecified atom stereocenters. The number of hydrogen-bond acceptors (Lipinski definition) is 4. The smallest absolute Gasteiger partial charge is 0.230 e. The van der Waals surface area contributed by atoms with Crippen LogP contribution in [0.15, 0.2) is 5.38 Å². The van der Waals surface area contributed by atoms with Gasteiger partial charge in [-0.1, -0.05) is 6.92 Å². The van der Waals surface area contributed by atoms with Crippen LogP contribution in [0.25, 0.3) is 0 Å². The minimum Gasteiger partial charge on any atom is -0.379 e. The molecule has 1 amide bonds. The maximum Gasteiger partial charge on any atom is 0.230 e. The molecule has 0 bridgehead atoms. The quantitative estimate of drug-likeness (QED) is 0.871. The summed E-state index contributed by atoms with van der Waals surface area (Å²) in [6.45, 7) is 5.64. The van der Waals surface area contributed by atoms with Gasteiger partial charge in [0, 0.05) is 5.38 Å². The first-order valence-corrected chi connectivity index (χ1v) is 6.81. The molecule has 0 saturated carbocycles. The van der Waals surface area contributed by atoms with Crippen molar-refractivity contribution in [2.45, 2.75) is 33.2 Å². The van der Waals surface area contributed by atoms with Crippen molar-refractivity contribution >= 4 is 17.2 Å². The summed E-state index contributed by atoms with van der Waals surface area (Å²) in [7, 11) is 0. The molecule has 0 radical (unpaired) electrons. The number of ether oxygens (including phenoxy) is 1. The van der Waals surface area contributed by atoms with E-state index in [0.717, 1.165) is 23.5 Å². The maximum absolute atomic E-state index is 11.8. The maximum atomic E-state index is 11.8. The highest BCUT2D eigenvalue weighted by molar-refractivity contribution is 7.09. The van der Waals surface area contributed by atoms with E-state index >= 15 is 0 Å². The third kappa shape index (κ3) is 2.84. The highest BCUT2D eigenvalue weighted by Crippen LogP contribution is 2.26. The lowest BCUT2D eigenvalue weighted by Gasteiger charge is -2.36. The average Bonchev–Trinajstić information content (AvgIpc) is 2.71. The number of aryl methyl sites for hydroxylation is 1. The Morgan fingerprint density at radius 3 is 3.00 bits per heavy atom. The number of carbonyl (C=O) groups is 1. The van der Waals surface area contributed by atoms with Gasteiger partial charge in [0.05, 0.1) is 35.9 Å². The molecule has 1 N–H and O–H groups in total. The van der Waals surface area contributed by atoms with E-state index in [4.69, 9.17) is 4.74 Å². The van der Waals surface area contributed by atoms with Gasteiger partial charge in [-0.3, -0.25) is 4.79 Å².